The largest absolute Gasteiger partial charge is 0.383 e. The van der Waals surface area contributed by atoms with Crippen molar-refractivity contribution in [3.8, 4) is 0 Å². The normalized spacial score (nSPS) is 18.4. The number of hydrogen-bond donors (Lipinski definition) is 3. The summed E-state index contributed by atoms with van der Waals surface area (Å²) in [6, 6.07) is 10.8. The molecule has 11 nitrogen and oxygen atoms in total. The molecule has 1 fully saturated rings. The molecule has 5 rings (SSSR count). The Morgan fingerprint density at radius 1 is 0.970 bits per heavy atom. The van der Waals surface area contributed by atoms with Crippen LogP contribution in [-0.4, -0.2) is 38.3 Å². The standard InChI is InChI=1S/C22H24N8O3/c23-21-15-3-1-2-4-16(15)26-22(27-21)25-12-14-7-5-13(6-8-14)11-24-17-9-10-18(30(31)32)20-19(17)28-33-29-20/h1-4,9-10,13-14,24H,5-8,11-12H2,(H3,23,25,26,27). The number of nitro groups is 1. The molecule has 11 heteroatoms. The number of nitrogens with one attached hydrogen (secondary N) is 2. The van der Waals surface area contributed by atoms with E-state index in [1.807, 2.05) is 24.3 Å². The molecule has 170 valence electrons. The molecule has 0 aliphatic heterocycles. The first-order chi connectivity index (χ1) is 16.1. The van der Waals surface area contributed by atoms with Gasteiger partial charge < -0.3 is 16.4 Å². The average molecular weight is 448 g/mol. The van der Waals surface area contributed by atoms with Crippen molar-refractivity contribution in [3.63, 3.8) is 0 Å². The van der Waals surface area contributed by atoms with Gasteiger partial charge in [-0.3, -0.25) is 10.1 Å². The van der Waals surface area contributed by atoms with Gasteiger partial charge in [0.1, 0.15) is 5.82 Å². The molecule has 1 aliphatic rings. The van der Waals surface area contributed by atoms with Crippen molar-refractivity contribution < 1.29 is 9.55 Å². The van der Waals surface area contributed by atoms with Gasteiger partial charge in [-0.15, -0.1) is 0 Å². The van der Waals surface area contributed by atoms with Gasteiger partial charge in [-0.25, -0.2) is 9.61 Å². The van der Waals surface area contributed by atoms with E-state index in [-0.39, 0.29) is 11.2 Å². The molecule has 33 heavy (non-hydrogen) atoms. The lowest BCUT2D eigenvalue weighted by molar-refractivity contribution is -0.383. The van der Waals surface area contributed by atoms with E-state index in [4.69, 9.17) is 10.4 Å². The summed E-state index contributed by atoms with van der Waals surface area (Å²) in [6.07, 6.45) is 4.38. The van der Waals surface area contributed by atoms with Crippen LogP contribution in [0, 0.1) is 22.0 Å². The first-order valence-corrected chi connectivity index (χ1v) is 11.0. The van der Waals surface area contributed by atoms with Crippen LogP contribution in [0.15, 0.2) is 41.0 Å². The number of para-hydroxylation sites is 1. The van der Waals surface area contributed by atoms with E-state index < -0.39 is 4.92 Å². The Balaban J connectivity index is 1.13. The number of nitrogens with two attached hydrogens (primary N) is 1. The number of nitro benzene ring substituents is 1. The third-order valence-corrected chi connectivity index (χ3v) is 6.32. The second-order valence-electron chi connectivity index (χ2n) is 8.45. The molecule has 0 amide bonds. The summed E-state index contributed by atoms with van der Waals surface area (Å²) in [5, 5.41) is 26.2. The summed E-state index contributed by atoms with van der Waals surface area (Å²) in [6.45, 7) is 1.58. The summed E-state index contributed by atoms with van der Waals surface area (Å²) in [4.78, 5) is 19.6. The minimum Gasteiger partial charge on any atom is -0.383 e. The van der Waals surface area contributed by atoms with Crippen LogP contribution >= 0.6 is 0 Å². The minimum absolute atomic E-state index is 0.109. The third-order valence-electron chi connectivity index (χ3n) is 6.32. The molecule has 0 saturated heterocycles. The maximum Gasteiger partial charge on any atom is 0.300 e. The second-order valence-corrected chi connectivity index (χ2v) is 8.45. The van der Waals surface area contributed by atoms with Gasteiger partial charge in [-0.05, 0) is 66.0 Å². The van der Waals surface area contributed by atoms with Crippen LogP contribution in [0.1, 0.15) is 25.7 Å². The quantitative estimate of drug-likeness (QED) is 0.279. The first kappa shape index (κ1) is 20.9. The van der Waals surface area contributed by atoms with Gasteiger partial charge >= 0.3 is 5.69 Å². The number of nitrogen functional groups attached to an aromatic ring is 1. The molecular formula is C22H24N8O3. The number of hydrogen-bond acceptors (Lipinski definition) is 10. The zero-order valence-electron chi connectivity index (χ0n) is 17.9. The van der Waals surface area contributed by atoms with Gasteiger partial charge in [0, 0.05) is 24.5 Å². The van der Waals surface area contributed by atoms with Crippen molar-refractivity contribution in [2.75, 3.05) is 29.5 Å². The van der Waals surface area contributed by atoms with E-state index in [0.29, 0.717) is 34.8 Å². The summed E-state index contributed by atoms with van der Waals surface area (Å²) < 4.78 is 4.73. The molecule has 2 aromatic carbocycles. The zero-order chi connectivity index (χ0) is 22.8. The summed E-state index contributed by atoms with van der Waals surface area (Å²) in [5.41, 5.74) is 8.05. The average Bonchev–Trinajstić information content (AvgIpc) is 3.32. The Hall–Kier alpha value is -4.02. The number of non-ortho nitro benzene ring substituents is 1. The number of rotatable bonds is 7. The molecule has 0 atom stereocenters. The molecule has 2 heterocycles. The van der Waals surface area contributed by atoms with Gasteiger partial charge in [0.2, 0.25) is 11.5 Å². The predicted octanol–water partition coefficient (Wildman–Crippen LogP) is 3.99. The zero-order valence-corrected chi connectivity index (χ0v) is 17.9. The monoisotopic (exact) mass is 448 g/mol. The topological polar surface area (TPSA) is 158 Å². The highest BCUT2D eigenvalue weighted by Crippen LogP contribution is 2.32. The molecule has 1 saturated carbocycles. The van der Waals surface area contributed by atoms with Crippen molar-refractivity contribution in [2.24, 2.45) is 11.8 Å². The highest BCUT2D eigenvalue weighted by molar-refractivity contribution is 5.93. The number of nitrogens with zero attached hydrogens (tertiary/aromatic N) is 5. The van der Waals surface area contributed by atoms with E-state index in [9.17, 15) is 10.1 Å². The van der Waals surface area contributed by atoms with Crippen LogP contribution in [0.4, 0.5) is 23.1 Å². The van der Waals surface area contributed by atoms with Gasteiger partial charge in [-0.1, -0.05) is 12.1 Å². The smallest absolute Gasteiger partial charge is 0.300 e. The van der Waals surface area contributed by atoms with Crippen molar-refractivity contribution in [1.82, 2.24) is 20.3 Å². The maximum absolute atomic E-state index is 11.1. The number of benzene rings is 2. The Bertz CT molecular complexity index is 1300. The van der Waals surface area contributed by atoms with Crippen molar-refractivity contribution in [2.45, 2.75) is 25.7 Å². The minimum atomic E-state index is -0.483. The van der Waals surface area contributed by atoms with Crippen LogP contribution in [0.25, 0.3) is 21.9 Å². The fraction of sp³-hybridized carbons (Fsp3) is 0.364. The lowest BCUT2D eigenvalue weighted by atomic mass is 9.82. The third kappa shape index (κ3) is 4.34. The van der Waals surface area contributed by atoms with Crippen molar-refractivity contribution in [1.29, 1.82) is 0 Å². The van der Waals surface area contributed by atoms with E-state index >= 15 is 0 Å². The molecule has 0 radical (unpaired) electrons. The van der Waals surface area contributed by atoms with Crippen LogP contribution in [0.3, 0.4) is 0 Å². The van der Waals surface area contributed by atoms with Gasteiger partial charge in [0.25, 0.3) is 0 Å². The Morgan fingerprint density at radius 3 is 2.42 bits per heavy atom. The van der Waals surface area contributed by atoms with Gasteiger partial charge in [0.05, 0.1) is 16.1 Å². The SMILES string of the molecule is Nc1nc(NCC2CCC(CNc3ccc([N+](=O)[O-])c4nonc34)CC2)nc2ccccc12. The fourth-order valence-electron chi connectivity index (χ4n) is 4.45. The van der Waals surface area contributed by atoms with Crippen LogP contribution in [-0.2, 0) is 0 Å². The Labute approximate surface area is 188 Å². The van der Waals surface area contributed by atoms with Crippen molar-refractivity contribution >= 4 is 45.1 Å². The lowest BCUT2D eigenvalue weighted by Crippen LogP contribution is -2.25. The Morgan fingerprint density at radius 2 is 1.67 bits per heavy atom. The lowest BCUT2D eigenvalue weighted by Gasteiger charge is -2.29. The Kier molecular flexibility index (Phi) is 5.59. The van der Waals surface area contributed by atoms with Gasteiger partial charge in [-0.2, -0.15) is 4.98 Å². The summed E-state index contributed by atoms with van der Waals surface area (Å²) in [5.74, 6) is 2.11. The van der Waals surface area contributed by atoms with Crippen LogP contribution < -0.4 is 16.4 Å². The number of fused-ring (bicyclic) bond motifs is 2. The second kappa shape index (κ2) is 8.85. The molecule has 4 N–H and O–H groups in total. The van der Waals surface area contributed by atoms with E-state index in [2.05, 4.69) is 30.9 Å². The fourth-order valence-corrected chi connectivity index (χ4v) is 4.45. The van der Waals surface area contributed by atoms with Crippen LogP contribution in [0.2, 0.25) is 0 Å². The highest BCUT2D eigenvalue weighted by Gasteiger charge is 2.23. The first-order valence-electron chi connectivity index (χ1n) is 11.0. The highest BCUT2D eigenvalue weighted by atomic mass is 16.6. The summed E-state index contributed by atoms with van der Waals surface area (Å²) in [7, 11) is 0. The van der Waals surface area contributed by atoms with E-state index in [1.165, 1.54) is 6.07 Å². The summed E-state index contributed by atoms with van der Waals surface area (Å²) >= 11 is 0. The molecule has 2 aromatic heterocycles. The molecule has 4 aromatic rings. The molecule has 1 aliphatic carbocycles. The molecule has 0 unspecified atom stereocenters. The van der Waals surface area contributed by atoms with Crippen molar-refractivity contribution in [3.05, 3.63) is 46.5 Å². The van der Waals surface area contributed by atoms with Crippen LogP contribution in [0.5, 0.6) is 0 Å². The maximum atomic E-state index is 11.1. The molecule has 0 bridgehead atoms. The molecule has 0 spiro atoms. The number of aromatic nitrogens is 4. The van der Waals surface area contributed by atoms with E-state index in [0.717, 1.165) is 49.7 Å². The van der Waals surface area contributed by atoms with Gasteiger partial charge in [0.15, 0.2) is 5.52 Å². The number of anilines is 3. The molecular weight excluding hydrogens is 424 g/mol. The van der Waals surface area contributed by atoms with E-state index in [1.54, 1.807) is 6.07 Å². The predicted molar refractivity (Wildman–Crippen MR) is 125 cm³/mol.